The zero-order valence-electron chi connectivity index (χ0n) is 24.0. The van der Waals surface area contributed by atoms with E-state index in [1.54, 1.807) is 0 Å². The Morgan fingerprint density at radius 1 is 0.588 bits per heavy atom. The predicted molar refractivity (Wildman–Crippen MR) is 144 cm³/mol. The average Bonchev–Trinajstić information content (AvgIpc) is 2.81. The van der Waals surface area contributed by atoms with Gasteiger partial charge in [-0.25, -0.2) is 0 Å². The van der Waals surface area contributed by atoms with E-state index < -0.39 is 5.97 Å². The number of nitrogens with zero attached hydrogens (tertiary/aromatic N) is 1. The van der Waals surface area contributed by atoms with Gasteiger partial charge in [0.2, 0.25) is 0 Å². The van der Waals surface area contributed by atoms with Crippen molar-refractivity contribution in [2.45, 2.75) is 174 Å². The van der Waals surface area contributed by atoms with Crippen LogP contribution in [0.15, 0.2) is 0 Å². The molecule has 4 heteroatoms. The van der Waals surface area contributed by atoms with Crippen molar-refractivity contribution in [2.75, 3.05) is 13.1 Å². The molecule has 0 aliphatic rings. The third-order valence-electron chi connectivity index (χ3n) is 7.27. The van der Waals surface area contributed by atoms with Gasteiger partial charge in [0.15, 0.2) is 0 Å². The number of aliphatic carboxylic acids is 1. The molecule has 0 heterocycles. The van der Waals surface area contributed by atoms with Crippen molar-refractivity contribution in [3.8, 4) is 0 Å². The fourth-order valence-corrected chi connectivity index (χ4v) is 5.01. The van der Waals surface area contributed by atoms with Crippen LogP contribution in [0, 0.1) is 0 Å². The fourth-order valence-electron chi connectivity index (χ4n) is 5.01. The summed E-state index contributed by atoms with van der Waals surface area (Å²) in [5, 5.41) is 11.0. The average molecular weight is 490 g/mol. The molecule has 0 saturated heterocycles. The smallest absolute Gasteiger partial charge is 0.550 e. The molecule has 0 bridgehead atoms. The summed E-state index contributed by atoms with van der Waals surface area (Å²) >= 11 is 0. The molecule has 0 N–H and O–H groups in total. The Bertz CT molecular complexity index is 381. The first-order valence-corrected chi connectivity index (χ1v) is 15.1. The van der Waals surface area contributed by atoms with Crippen molar-refractivity contribution in [3.63, 3.8) is 0 Å². The number of carboxylic acids is 1. The molecule has 0 saturated carbocycles. The Morgan fingerprint density at radius 2 is 0.912 bits per heavy atom. The molecule has 0 amide bonds. The van der Waals surface area contributed by atoms with Gasteiger partial charge in [0.25, 0.3) is 0 Å². The van der Waals surface area contributed by atoms with Gasteiger partial charge in [-0.05, 0) is 45.2 Å². The second-order valence-corrected chi connectivity index (χ2v) is 10.4. The van der Waals surface area contributed by atoms with Crippen LogP contribution in [0.4, 0.5) is 0 Å². The van der Waals surface area contributed by atoms with Crippen LogP contribution in [0.25, 0.3) is 0 Å². The third-order valence-corrected chi connectivity index (χ3v) is 7.27. The molecule has 0 radical (unpaired) electrons. The first-order chi connectivity index (χ1) is 16.2. The first-order valence-electron chi connectivity index (χ1n) is 15.1. The van der Waals surface area contributed by atoms with Crippen molar-refractivity contribution in [3.05, 3.63) is 0 Å². The van der Waals surface area contributed by atoms with Gasteiger partial charge in [0.05, 0.1) is 0 Å². The SMILES string of the molecule is CCCCCCCCCCCCN(CCCCCCCCCCCC)C(CC)CCC(=O)[O-].[Na+]. The van der Waals surface area contributed by atoms with Crippen molar-refractivity contribution in [1.82, 2.24) is 4.90 Å². The molecule has 0 aliphatic heterocycles. The summed E-state index contributed by atoms with van der Waals surface area (Å²) in [5.74, 6) is -0.897. The fraction of sp³-hybridized carbons (Fsp3) is 0.967. The summed E-state index contributed by atoms with van der Waals surface area (Å²) in [6.45, 7) is 9.05. The Labute approximate surface area is 236 Å². The molecule has 0 aromatic heterocycles. The van der Waals surface area contributed by atoms with Crippen LogP contribution in [-0.4, -0.2) is 30.0 Å². The van der Waals surface area contributed by atoms with E-state index in [9.17, 15) is 9.90 Å². The molecule has 0 fully saturated rings. The van der Waals surface area contributed by atoms with Gasteiger partial charge in [-0.2, -0.15) is 0 Å². The van der Waals surface area contributed by atoms with Gasteiger partial charge in [0, 0.05) is 12.0 Å². The van der Waals surface area contributed by atoms with Crippen molar-refractivity contribution in [2.24, 2.45) is 0 Å². The van der Waals surface area contributed by atoms with Crippen molar-refractivity contribution < 1.29 is 39.5 Å². The zero-order chi connectivity index (χ0) is 24.4. The molecular formula is C30H60NNaO2. The van der Waals surface area contributed by atoms with E-state index in [1.807, 2.05) is 0 Å². The van der Waals surface area contributed by atoms with E-state index in [0.717, 1.165) is 25.9 Å². The topological polar surface area (TPSA) is 43.4 Å². The second-order valence-electron chi connectivity index (χ2n) is 10.4. The number of hydrogen-bond donors (Lipinski definition) is 0. The predicted octanol–water partition coefficient (Wildman–Crippen LogP) is 5.44. The minimum Gasteiger partial charge on any atom is -0.550 e. The largest absolute Gasteiger partial charge is 1.00 e. The van der Waals surface area contributed by atoms with E-state index in [-0.39, 0.29) is 36.0 Å². The van der Waals surface area contributed by atoms with Gasteiger partial charge in [-0.3, -0.25) is 0 Å². The molecular weight excluding hydrogens is 429 g/mol. The first kappa shape index (κ1) is 36.6. The normalized spacial score (nSPS) is 12.1. The maximum absolute atomic E-state index is 11.0. The zero-order valence-corrected chi connectivity index (χ0v) is 26.0. The summed E-state index contributed by atoms with van der Waals surface area (Å²) in [6.07, 6.45) is 29.3. The van der Waals surface area contributed by atoms with Crippen LogP contribution in [0.2, 0.25) is 0 Å². The molecule has 1 atom stereocenters. The third kappa shape index (κ3) is 25.5. The molecule has 0 rings (SSSR count). The maximum atomic E-state index is 11.0. The van der Waals surface area contributed by atoms with E-state index >= 15 is 0 Å². The minimum absolute atomic E-state index is 0. The second kappa shape index (κ2) is 29.7. The molecule has 0 aliphatic carbocycles. The Hall–Kier alpha value is 0.430. The summed E-state index contributed by atoms with van der Waals surface area (Å²) in [5.41, 5.74) is 0. The Morgan fingerprint density at radius 3 is 1.21 bits per heavy atom. The van der Waals surface area contributed by atoms with Gasteiger partial charge in [0.1, 0.15) is 0 Å². The van der Waals surface area contributed by atoms with E-state index in [0.29, 0.717) is 6.04 Å². The van der Waals surface area contributed by atoms with E-state index in [2.05, 4.69) is 25.7 Å². The molecule has 198 valence electrons. The Balaban J connectivity index is 0. The number of rotatable bonds is 27. The van der Waals surface area contributed by atoms with Crippen molar-refractivity contribution >= 4 is 5.97 Å². The molecule has 0 aromatic carbocycles. The number of unbranched alkanes of at least 4 members (excludes halogenated alkanes) is 18. The monoisotopic (exact) mass is 489 g/mol. The van der Waals surface area contributed by atoms with Crippen LogP contribution in [-0.2, 0) is 4.79 Å². The van der Waals surface area contributed by atoms with E-state index in [4.69, 9.17) is 0 Å². The Kier molecular flexibility index (Phi) is 31.9. The quantitative estimate of drug-likeness (QED) is 0.114. The number of carbonyl (C=O) groups is 1. The summed E-state index contributed by atoms with van der Waals surface area (Å²) in [6, 6.07) is 0.403. The molecule has 34 heavy (non-hydrogen) atoms. The summed E-state index contributed by atoms with van der Waals surface area (Å²) < 4.78 is 0. The maximum Gasteiger partial charge on any atom is 1.00 e. The molecule has 0 spiro atoms. The van der Waals surface area contributed by atoms with Crippen LogP contribution in [0.5, 0.6) is 0 Å². The van der Waals surface area contributed by atoms with Gasteiger partial charge >= 0.3 is 29.6 Å². The molecule has 1 unspecified atom stereocenters. The standard InChI is InChI=1S/C30H61NO2.Na/c1-4-7-9-11-13-15-17-19-21-23-27-31(29(6-3)25-26-30(32)33)28-24-22-20-18-16-14-12-10-8-5-2;/h29H,4-28H2,1-3H3,(H,32,33);/q;+1/p-1. The van der Waals surface area contributed by atoms with Gasteiger partial charge in [-0.1, -0.05) is 136 Å². The van der Waals surface area contributed by atoms with Crippen LogP contribution in [0.1, 0.15) is 168 Å². The molecule has 0 aromatic rings. The van der Waals surface area contributed by atoms with Crippen LogP contribution in [0.3, 0.4) is 0 Å². The van der Waals surface area contributed by atoms with E-state index in [1.165, 1.54) is 128 Å². The van der Waals surface area contributed by atoms with Crippen molar-refractivity contribution in [1.29, 1.82) is 0 Å². The summed E-state index contributed by atoms with van der Waals surface area (Å²) in [4.78, 5) is 13.6. The number of hydrogen-bond acceptors (Lipinski definition) is 3. The van der Waals surface area contributed by atoms with Crippen LogP contribution < -0.4 is 34.7 Å². The minimum atomic E-state index is -0.897. The molecule has 3 nitrogen and oxygen atoms in total. The summed E-state index contributed by atoms with van der Waals surface area (Å²) in [7, 11) is 0. The number of carbonyl (C=O) groups excluding carboxylic acids is 1. The van der Waals surface area contributed by atoms with Gasteiger partial charge < -0.3 is 14.8 Å². The van der Waals surface area contributed by atoms with Crippen LogP contribution >= 0.6 is 0 Å². The number of carboxylic acid groups (broad SMARTS) is 1. The van der Waals surface area contributed by atoms with Gasteiger partial charge in [-0.15, -0.1) is 0 Å².